The molecule has 13 heavy (non-hydrogen) atoms. The van der Waals surface area contributed by atoms with E-state index in [1.54, 1.807) is 0 Å². The Hall–Kier alpha value is 0.0469. The van der Waals surface area contributed by atoms with Crippen molar-refractivity contribution in [1.82, 2.24) is 0 Å². The Bertz CT molecular complexity index is 304. The van der Waals surface area contributed by atoms with E-state index in [9.17, 15) is 0 Å². The number of rotatable bonds is 3. The molecule has 1 aromatic carbocycles. The zero-order valence-electron chi connectivity index (χ0n) is 6.93. The fourth-order valence-corrected chi connectivity index (χ4v) is 3.62. The first-order valence-corrected chi connectivity index (χ1v) is 8.85. The van der Waals surface area contributed by atoms with Crippen molar-refractivity contribution >= 4 is 44.4 Å². The van der Waals surface area contributed by atoms with E-state index in [1.165, 1.54) is 0 Å². The van der Waals surface area contributed by atoms with Gasteiger partial charge in [-0.1, -0.05) is 30.3 Å². The summed E-state index contributed by atoms with van der Waals surface area (Å²) >= 11 is 17.8. The van der Waals surface area contributed by atoms with E-state index in [2.05, 4.69) is 6.58 Å². The lowest BCUT2D eigenvalue weighted by Gasteiger charge is -2.12. The molecule has 0 saturated heterocycles. The number of hydrogen-bond donors (Lipinski definition) is 0. The van der Waals surface area contributed by atoms with Gasteiger partial charge in [-0.15, -0.1) is 39.8 Å². The molecule has 0 aliphatic heterocycles. The molecule has 1 aromatic rings. The molecular formula is C9H9Cl3Si. The molecular weight excluding hydrogens is 243 g/mol. The van der Waals surface area contributed by atoms with Crippen molar-refractivity contribution in [3.05, 3.63) is 42.5 Å². The van der Waals surface area contributed by atoms with Crippen molar-refractivity contribution in [3.63, 3.8) is 0 Å². The minimum absolute atomic E-state index is 0.747. The van der Waals surface area contributed by atoms with Gasteiger partial charge in [0.05, 0.1) is 0 Å². The molecule has 0 aliphatic carbocycles. The average molecular weight is 252 g/mol. The molecule has 0 aliphatic rings. The second-order valence-electron chi connectivity index (χ2n) is 2.65. The van der Waals surface area contributed by atoms with Crippen molar-refractivity contribution in [2.24, 2.45) is 0 Å². The lowest BCUT2D eigenvalue weighted by atomic mass is 10.1. The topological polar surface area (TPSA) is 0 Å². The van der Waals surface area contributed by atoms with Crippen LogP contribution < -0.4 is 5.19 Å². The molecule has 70 valence electrons. The fourth-order valence-electron chi connectivity index (χ4n) is 1.13. The molecule has 0 bridgehead atoms. The lowest BCUT2D eigenvalue weighted by molar-refractivity contribution is 1.30. The zero-order valence-corrected chi connectivity index (χ0v) is 10.2. The highest BCUT2D eigenvalue weighted by Gasteiger charge is 2.29. The summed E-state index contributed by atoms with van der Waals surface area (Å²) in [6.07, 6.45) is 2.56. The van der Waals surface area contributed by atoms with Crippen molar-refractivity contribution < 1.29 is 0 Å². The monoisotopic (exact) mass is 250 g/mol. The molecule has 0 atom stereocenters. The van der Waals surface area contributed by atoms with E-state index in [-0.39, 0.29) is 0 Å². The quantitative estimate of drug-likeness (QED) is 0.439. The molecule has 0 fully saturated rings. The fraction of sp³-hybridized carbons (Fsp3) is 0.111. The van der Waals surface area contributed by atoms with E-state index in [0.717, 1.165) is 17.2 Å². The highest BCUT2D eigenvalue weighted by atomic mass is 35.8. The van der Waals surface area contributed by atoms with Gasteiger partial charge in [-0.2, -0.15) is 0 Å². The Kier molecular flexibility index (Phi) is 3.86. The Balaban J connectivity index is 3.11. The van der Waals surface area contributed by atoms with Crippen LogP contribution in [0.15, 0.2) is 36.9 Å². The normalized spacial score (nSPS) is 11.3. The van der Waals surface area contributed by atoms with Crippen molar-refractivity contribution in [2.45, 2.75) is 6.42 Å². The van der Waals surface area contributed by atoms with Gasteiger partial charge in [0.15, 0.2) is 0 Å². The highest BCUT2D eigenvalue weighted by Crippen LogP contribution is 2.21. The Morgan fingerprint density at radius 3 is 2.38 bits per heavy atom. The van der Waals surface area contributed by atoms with Crippen LogP contribution >= 0.6 is 33.2 Å². The van der Waals surface area contributed by atoms with Gasteiger partial charge in [0, 0.05) is 0 Å². The second kappa shape index (κ2) is 4.51. The Labute approximate surface area is 93.2 Å². The Morgan fingerprint density at radius 2 is 1.85 bits per heavy atom. The summed E-state index contributed by atoms with van der Waals surface area (Å²) in [5, 5.41) is 0.861. The first kappa shape index (κ1) is 11.1. The third kappa shape index (κ3) is 3.03. The standard InChI is InChI=1S/C9H9Cl3Si/c1-2-5-8-6-3-4-7-9(8)13(10,11)12/h2-4,6-7H,1,5H2. The summed E-state index contributed by atoms with van der Waals surface area (Å²) in [5.41, 5.74) is 1.06. The van der Waals surface area contributed by atoms with Crippen LogP contribution in [0.3, 0.4) is 0 Å². The molecule has 0 N–H and O–H groups in total. The van der Waals surface area contributed by atoms with Crippen LogP contribution in [-0.2, 0) is 6.42 Å². The van der Waals surface area contributed by atoms with Gasteiger partial charge in [0.1, 0.15) is 0 Å². The molecule has 0 nitrogen and oxygen atoms in total. The molecule has 0 spiro atoms. The molecule has 0 aromatic heterocycles. The van der Waals surface area contributed by atoms with E-state index in [0.29, 0.717) is 0 Å². The third-order valence-corrected chi connectivity index (χ3v) is 4.62. The molecule has 0 heterocycles. The number of halogens is 3. The summed E-state index contributed by atoms with van der Waals surface area (Å²) in [7, 11) is 0. The first-order valence-electron chi connectivity index (χ1n) is 3.81. The van der Waals surface area contributed by atoms with Crippen LogP contribution in [0.4, 0.5) is 0 Å². The summed E-state index contributed by atoms with van der Waals surface area (Å²) in [5.74, 6) is 0. The van der Waals surface area contributed by atoms with Crippen molar-refractivity contribution in [1.29, 1.82) is 0 Å². The maximum Gasteiger partial charge on any atom is 0.373 e. The minimum atomic E-state index is -2.75. The van der Waals surface area contributed by atoms with Crippen LogP contribution in [0.25, 0.3) is 0 Å². The van der Waals surface area contributed by atoms with Crippen LogP contribution in [0.2, 0.25) is 0 Å². The molecule has 0 unspecified atom stereocenters. The molecule has 1 rings (SSSR count). The van der Waals surface area contributed by atoms with E-state index in [1.807, 2.05) is 30.3 Å². The summed E-state index contributed by atoms with van der Waals surface area (Å²) in [4.78, 5) is 0. The van der Waals surface area contributed by atoms with E-state index >= 15 is 0 Å². The maximum atomic E-state index is 5.93. The molecule has 0 amide bonds. The number of allylic oxidation sites excluding steroid dienone is 1. The predicted molar refractivity (Wildman–Crippen MR) is 63.3 cm³/mol. The maximum absolute atomic E-state index is 5.93. The number of hydrogen-bond acceptors (Lipinski definition) is 0. The van der Waals surface area contributed by atoms with E-state index in [4.69, 9.17) is 33.2 Å². The van der Waals surface area contributed by atoms with Gasteiger partial charge in [0.2, 0.25) is 0 Å². The summed E-state index contributed by atoms with van der Waals surface area (Å²) in [6, 6.07) is 4.91. The SMILES string of the molecule is C=CCc1ccccc1[Si](Cl)(Cl)Cl. The minimum Gasteiger partial charge on any atom is -0.121 e. The number of benzene rings is 1. The second-order valence-corrected chi connectivity index (χ2v) is 11.0. The average Bonchev–Trinajstić information content (AvgIpc) is 2.04. The largest absolute Gasteiger partial charge is 0.373 e. The van der Waals surface area contributed by atoms with Crippen molar-refractivity contribution in [2.75, 3.05) is 0 Å². The summed E-state index contributed by atoms with van der Waals surface area (Å²) in [6.45, 7) is 3.67. The van der Waals surface area contributed by atoms with Crippen LogP contribution in [0.1, 0.15) is 5.56 Å². The van der Waals surface area contributed by atoms with E-state index < -0.39 is 6.00 Å². The van der Waals surface area contributed by atoms with Gasteiger partial charge in [0.25, 0.3) is 0 Å². The Morgan fingerprint density at radius 1 is 1.23 bits per heavy atom. The third-order valence-electron chi connectivity index (χ3n) is 1.69. The summed E-state index contributed by atoms with van der Waals surface area (Å²) < 4.78 is 0. The smallest absolute Gasteiger partial charge is 0.121 e. The first-order chi connectivity index (χ1) is 6.05. The van der Waals surface area contributed by atoms with Gasteiger partial charge in [-0.3, -0.25) is 0 Å². The molecule has 0 saturated carbocycles. The lowest BCUT2D eigenvalue weighted by Crippen LogP contribution is -2.33. The van der Waals surface area contributed by atoms with Crippen LogP contribution in [0.5, 0.6) is 0 Å². The van der Waals surface area contributed by atoms with Gasteiger partial charge in [-0.25, -0.2) is 0 Å². The highest BCUT2D eigenvalue weighted by molar-refractivity contribution is 7.69. The zero-order chi connectivity index (χ0) is 9.90. The van der Waals surface area contributed by atoms with Crippen LogP contribution in [0, 0.1) is 0 Å². The molecule has 4 heteroatoms. The van der Waals surface area contributed by atoms with Crippen LogP contribution in [-0.4, -0.2) is 6.00 Å². The van der Waals surface area contributed by atoms with Gasteiger partial charge in [-0.05, 0) is 17.2 Å². The van der Waals surface area contributed by atoms with Crippen molar-refractivity contribution in [3.8, 4) is 0 Å². The van der Waals surface area contributed by atoms with Gasteiger partial charge < -0.3 is 0 Å². The predicted octanol–water partition coefficient (Wildman–Crippen LogP) is 3.28. The van der Waals surface area contributed by atoms with Gasteiger partial charge >= 0.3 is 6.00 Å². The molecule has 0 radical (unpaired) electrons.